The second-order valence-electron chi connectivity index (χ2n) is 17.7. The highest BCUT2D eigenvalue weighted by atomic mass is 16.6. The van der Waals surface area contributed by atoms with E-state index in [9.17, 15) is 14.4 Å². The number of unbranched alkanes of at least 4 members (excludes halogenated alkanes) is 19. The molecule has 0 aromatic carbocycles. The SMILES string of the molecule is CC/C=C\C/C=C\C/C=C\C/C=C\C/C=C\C/C=C\C/C=C\CCCCCCCCCC(=O)OCC(COC(=O)CCCCCCC/C=C\CCC)OC(=O)CCCCCCC/C=C\CCC. The minimum atomic E-state index is -0.789. The topological polar surface area (TPSA) is 78.9 Å². The highest BCUT2D eigenvalue weighted by molar-refractivity contribution is 5.71. The predicted molar refractivity (Wildman–Crippen MR) is 288 cm³/mol. The van der Waals surface area contributed by atoms with Crippen LogP contribution >= 0.6 is 0 Å². The third-order valence-electron chi connectivity index (χ3n) is 11.2. The smallest absolute Gasteiger partial charge is 0.306 e. The van der Waals surface area contributed by atoms with Crippen LogP contribution in [0.1, 0.15) is 239 Å². The molecule has 0 spiro atoms. The molecule has 0 N–H and O–H groups in total. The van der Waals surface area contributed by atoms with Crippen molar-refractivity contribution in [2.24, 2.45) is 0 Å². The van der Waals surface area contributed by atoms with E-state index in [1.807, 2.05) is 0 Å². The van der Waals surface area contributed by atoms with Crippen molar-refractivity contribution in [3.63, 3.8) is 0 Å². The van der Waals surface area contributed by atoms with Gasteiger partial charge in [0.1, 0.15) is 13.2 Å². The van der Waals surface area contributed by atoms with Gasteiger partial charge >= 0.3 is 17.9 Å². The number of rotatable bonds is 48. The van der Waals surface area contributed by atoms with Gasteiger partial charge in [0.2, 0.25) is 0 Å². The minimum Gasteiger partial charge on any atom is -0.462 e. The first-order valence-corrected chi connectivity index (χ1v) is 27.4. The zero-order valence-corrected chi connectivity index (χ0v) is 43.4. The summed E-state index contributed by atoms with van der Waals surface area (Å²) in [4.78, 5) is 37.9. The van der Waals surface area contributed by atoms with Crippen molar-refractivity contribution < 1.29 is 28.6 Å². The van der Waals surface area contributed by atoms with Crippen LogP contribution in [0.5, 0.6) is 0 Å². The third-order valence-corrected chi connectivity index (χ3v) is 11.2. The van der Waals surface area contributed by atoms with Crippen LogP contribution in [0, 0.1) is 0 Å². The van der Waals surface area contributed by atoms with E-state index < -0.39 is 6.10 Å². The van der Waals surface area contributed by atoms with Crippen molar-refractivity contribution in [2.45, 2.75) is 245 Å². The second-order valence-corrected chi connectivity index (χ2v) is 17.7. The molecule has 0 aliphatic heterocycles. The summed E-state index contributed by atoms with van der Waals surface area (Å²) in [6.45, 7) is 6.36. The summed E-state index contributed by atoms with van der Waals surface area (Å²) in [7, 11) is 0. The third kappa shape index (κ3) is 52.9. The van der Waals surface area contributed by atoms with Crippen molar-refractivity contribution in [3.8, 4) is 0 Å². The van der Waals surface area contributed by atoms with Crippen molar-refractivity contribution in [3.05, 3.63) is 109 Å². The molecular weight excluding hydrogens is 829 g/mol. The van der Waals surface area contributed by atoms with Crippen LogP contribution in [0.4, 0.5) is 0 Å². The summed E-state index contributed by atoms with van der Waals surface area (Å²) in [5.41, 5.74) is 0. The van der Waals surface area contributed by atoms with Crippen molar-refractivity contribution >= 4 is 17.9 Å². The summed E-state index contributed by atoms with van der Waals surface area (Å²) in [6.07, 6.45) is 73.8. The van der Waals surface area contributed by atoms with Crippen molar-refractivity contribution in [1.29, 1.82) is 0 Å². The van der Waals surface area contributed by atoms with E-state index in [4.69, 9.17) is 14.2 Å². The van der Waals surface area contributed by atoms with Crippen LogP contribution in [-0.4, -0.2) is 37.2 Å². The molecule has 1 unspecified atom stereocenters. The standard InChI is InChI=1S/C61H100O6/c1-4-7-10-13-16-19-22-23-24-25-26-27-28-29-30-31-32-33-34-35-36-37-38-39-40-43-45-48-51-54-60(63)66-57-58(67-61(64)55-52-49-46-42-21-18-15-12-9-6-3)56-65-59(62)53-50-47-44-41-20-17-14-11-8-5-2/h7,10-12,14-16,19,23-24,26-27,29-30,32-33,35-36,58H,4-6,8-9,13,17-18,20-22,25,28,31,34,37-57H2,1-3H3/b10-7-,14-11-,15-12-,19-16-,24-23-,27-26-,30-29-,33-32-,36-35-. The van der Waals surface area contributed by atoms with Crippen LogP contribution in [0.15, 0.2) is 109 Å². The molecule has 0 radical (unpaired) electrons. The lowest BCUT2D eigenvalue weighted by atomic mass is 10.1. The molecule has 0 aromatic rings. The summed E-state index contributed by atoms with van der Waals surface area (Å²) < 4.78 is 16.7. The fraction of sp³-hybridized carbons (Fsp3) is 0.656. The molecule has 0 aliphatic carbocycles. The van der Waals surface area contributed by atoms with E-state index in [1.54, 1.807) is 0 Å². The molecule has 0 heterocycles. The Hall–Kier alpha value is -3.93. The molecule has 0 saturated carbocycles. The molecule has 6 heteroatoms. The number of allylic oxidation sites excluding steroid dienone is 18. The van der Waals surface area contributed by atoms with Gasteiger partial charge in [-0.05, 0) is 116 Å². The maximum absolute atomic E-state index is 12.7. The first-order chi connectivity index (χ1) is 33.0. The average molecular weight is 929 g/mol. The molecular formula is C61H100O6. The summed E-state index contributed by atoms with van der Waals surface area (Å²) >= 11 is 0. The van der Waals surface area contributed by atoms with Gasteiger partial charge in [-0.2, -0.15) is 0 Å². The Bertz CT molecular complexity index is 1390. The Morgan fingerprint density at radius 2 is 0.582 bits per heavy atom. The lowest BCUT2D eigenvalue weighted by Gasteiger charge is -2.18. The highest BCUT2D eigenvalue weighted by Gasteiger charge is 2.19. The van der Waals surface area contributed by atoms with Gasteiger partial charge in [0.25, 0.3) is 0 Å². The Balaban J connectivity index is 4.21. The number of ether oxygens (including phenoxy) is 3. The molecule has 67 heavy (non-hydrogen) atoms. The number of carbonyl (C=O) groups is 3. The zero-order chi connectivity index (χ0) is 48.6. The van der Waals surface area contributed by atoms with E-state index >= 15 is 0 Å². The maximum atomic E-state index is 12.7. The zero-order valence-electron chi connectivity index (χ0n) is 43.4. The molecule has 0 bridgehead atoms. The van der Waals surface area contributed by atoms with Crippen LogP contribution in [0.25, 0.3) is 0 Å². The normalized spacial score (nSPS) is 12.9. The number of carbonyl (C=O) groups excluding carboxylic acids is 3. The van der Waals surface area contributed by atoms with Crippen LogP contribution in [0.3, 0.4) is 0 Å². The Morgan fingerprint density at radius 1 is 0.313 bits per heavy atom. The maximum Gasteiger partial charge on any atom is 0.306 e. The molecule has 1 atom stereocenters. The fourth-order valence-corrected chi connectivity index (χ4v) is 7.13. The average Bonchev–Trinajstić information content (AvgIpc) is 3.33. The van der Waals surface area contributed by atoms with Crippen molar-refractivity contribution in [1.82, 2.24) is 0 Å². The van der Waals surface area contributed by atoms with Crippen molar-refractivity contribution in [2.75, 3.05) is 13.2 Å². The molecule has 6 nitrogen and oxygen atoms in total. The molecule has 0 fully saturated rings. The van der Waals surface area contributed by atoms with Crippen LogP contribution < -0.4 is 0 Å². The Labute approximate surface area is 412 Å². The molecule has 0 amide bonds. The van der Waals surface area contributed by atoms with Crippen LogP contribution in [-0.2, 0) is 28.6 Å². The molecule has 0 rings (SSSR count). The van der Waals surface area contributed by atoms with Gasteiger partial charge in [0.05, 0.1) is 0 Å². The molecule has 380 valence electrons. The highest BCUT2D eigenvalue weighted by Crippen LogP contribution is 2.14. The number of hydrogen-bond donors (Lipinski definition) is 0. The van der Waals surface area contributed by atoms with Gasteiger partial charge in [-0.15, -0.1) is 0 Å². The summed E-state index contributed by atoms with van der Waals surface area (Å²) in [6, 6.07) is 0. The van der Waals surface area contributed by atoms with E-state index in [0.29, 0.717) is 19.3 Å². The predicted octanol–water partition coefficient (Wildman–Crippen LogP) is 18.3. The molecule has 0 saturated heterocycles. The van der Waals surface area contributed by atoms with Gasteiger partial charge in [-0.1, -0.05) is 214 Å². The first kappa shape index (κ1) is 63.1. The Morgan fingerprint density at radius 3 is 0.925 bits per heavy atom. The van der Waals surface area contributed by atoms with E-state index in [1.165, 1.54) is 51.4 Å². The van der Waals surface area contributed by atoms with Gasteiger partial charge in [0, 0.05) is 19.3 Å². The van der Waals surface area contributed by atoms with E-state index in [0.717, 1.165) is 148 Å². The van der Waals surface area contributed by atoms with Gasteiger partial charge in [-0.25, -0.2) is 0 Å². The fourth-order valence-electron chi connectivity index (χ4n) is 7.13. The van der Waals surface area contributed by atoms with Gasteiger partial charge in [0.15, 0.2) is 6.10 Å². The summed E-state index contributed by atoms with van der Waals surface area (Å²) in [5.74, 6) is -0.928. The van der Waals surface area contributed by atoms with E-state index in [2.05, 4.69) is 130 Å². The lowest BCUT2D eigenvalue weighted by Crippen LogP contribution is -2.30. The first-order valence-electron chi connectivity index (χ1n) is 27.4. The van der Waals surface area contributed by atoms with Gasteiger partial charge < -0.3 is 14.2 Å². The van der Waals surface area contributed by atoms with Gasteiger partial charge in [-0.3, -0.25) is 14.4 Å². The number of hydrogen-bond acceptors (Lipinski definition) is 6. The molecule has 0 aliphatic rings. The largest absolute Gasteiger partial charge is 0.462 e. The molecule has 0 aromatic heterocycles. The Kier molecular flexibility index (Phi) is 51.5. The lowest BCUT2D eigenvalue weighted by molar-refractivity contribution is -0.167. The van der Waals surface area contributed by atoms with Crippen LogP contribution in [0.2, 0.25) is 0 Å². The summed E-state index contributed by atoms with van der Waals surface area (Å²) in [5, 5.41) is 0. The second kappa shape index (κ2) is 54.7. The van der Waals surface area contributed by atoms with E-state index in [-0.39, 0.29) is 31.1 Å². The monoisotopic (exact) mass is 929 g/mol. The number of esters is 3. The minimum absolute atomic E-state index is 0.0905. The quantitative estimate of drug-likeness (QED) is 0.0262.